The zero-order chi connectivity index (χ0) is 16.9. The summed E-state index contributed by atoms with van der Waals surface area (Å²) in [7, 11) is 1.56. The highest BCUT2D eigenvalue weighted by atomic mass is 16.2. The van der Waals surface area contributed by atoms with Gasteiger partial charge in [-0.05, 0) is 30.3 Å². The van der Waals surface area contributed by atoms with Crippen LogP contribution < -0.4 is 16.0 Å². The number of carbonyl (C=O) groups excluding carboxylic acids is 2. The second kappa shape index (κ2) is 6.78. The molecule has 6 heteroatoms. The fourth-order valence-electron chi connectivity index (χ4n) is 2.37. The van der Waals surface area contributed by atoms with E-state index in [-0.39, 0.29) is 11.9 Å². The molecule has 0 fully saturated rings. The van der Waals surface area contributed by atoms with Crippen LogP contribution >= 0.6 is 0 Å². The highest BCUT2D eigenvalue weighted by molar-refractivity contribution is 6.06. The van der Waals surface area contributed by atoms with Gasteiger partial charge in [-0.1, -0.05) is 24.3 Å². The molecule has 0 spiro atoms. The van der Waals surface area contributed by atoms with Crippen LogP contribution in [0, 0.1) is 0 Å². The summed E-state index contributed by atoms with van der Waals surface area (Å²) in [5, 5.41) is 8.93. The lowest BCUT2D eigenvalue weighted by atomic mass is 10.2. The summed E-state index contributed by atoms with van der Waals surface area (Å²) in [4.78, 5) is 28.1. The van der Waals surface area contributed by atoms with E-state index in [1.54, 1.807) is 43.6 Å². The lowest BCUT2D eigenvalue weighted by Gasteiger charge is -2.10. The van der Waals surface area contributed by atoms with E-state index < -0.39 is 0 Å². The van der Waals surface area contributed by atoms with Gasteiger partial charge in [0.15, 0.2) is 0 Å². The maximum absolute atomic E-state index is 12.2. The van der Waals surface area contributed by atoms with E-state index in [1.165, 1.54) is 0 Å². The van der Waals surface area contributed by atoms with Gasteiger partial charge in [-0.3, -0.25) is 9.78 Å². The molecule has 3 N–H and O–H groups in total. The molecule has 0 unspecified atom stereocenters. The number of rotatable bonds is 3. The first-order valence-electron chi connectivity index (χ1n) is 7.41. The van der Waals surface area contributed by atoms with Crippen LogP contribution in [0.5, 0.6) is 0 Å². The zero-order valence-electron chi connectivity index (χ0n) is 13.0. The molecule has 0 saturated carbocycles. The van der Waals surface area contributed by atoms with Gasteiger partial charge in [0.25, 0.3) is 5.91 Å². The third kappa shape index (κ3) is 3.33. The molecule has 0 aliphatic carbocycles. The fourth-order valence-corrected chi connectivity index (χ4v) is 2.37. The average molecular weight is 320 g/mol. The molecular formula is C18H16N4O2. The predicted molar refractivity (Wildman–Crippen MR) is 94.2 cm³/mol. The Hall–Kier alpha value is -3.41. The van der Waals surface area contributed by atoms with Gasteiger partial charge >= 0.3 is 6.03 Å². The summed E-state index contributed by atoms with van der Waals surface area (Å²) in [6.07, 6.45) is 1.64. The Kier molecular flexibility index (Phi) is 4.38. The Balaban J connectivity index is 1.77. The van der Waals surface area contributed by atoms with Crippen molar-refractivity contribution >= 4 is 34.2 Å². The maximum Gasteiger partial charge on any atom is 0.323 e. The van der Waals surface area contributed by atoms with E-state index in [2.05, 4.69) is 20.9 Å². The third-order valence-corrected chi connectivity index (χ3v) is 3.51. The highest BCUT2D eigenvalue weighted by Gasteiger charge is 2.08. The molecule has 1 aromatic heterocycles. The molecule has 1 heterocycles. The smallest absolute Gasteiger partial charge is 0.323 e. The van der Waals surface area contributed by atoms with E-state index in [4.69, 9.17) is 0 Å². The minimum Gasteiger partial charge on any atom is -0.355 e. The van der Waals surface area contributed by atoms with Crippen LogP contribution in [0.3, 0.4) is 0 Å². The van der Waals surface area contributed by atoms with Gasteiger partial charge < -0.3 is 16.0 Å². The van der Waals surface area contributed by atoms with Gasteiger partial charge in [0.05, 0.1) is 11.2 Å². The Morgan fingerprint density at radius 3 is 2.62 bits per heavy atom. The summed E-state index contributed by atoms with van der Waals surface area (Å²) in [6.45, 7) is 0. The third-order valence-electron chi connectivity index (χ3n) is 3.51. The predicted octanol–water partition coefficient (Wildman–Crippen LogP) is 3.24. The minimum atomic E-state index is -0.389. The van der Waals surface area contributed by atoms with Crippen molar-refractivity contribution in [2.24, 2.45) is 0 Å². The number of urea groups is 1. The number of pyridine rings is 1. The average Bonchev–Trinajstić information content (AvgIpc) is 2.61. The summed E-state index contributed by atoms with van der Waals surface area (Å²) >= 11 is 0. The number of carbonyl (C=O) groups is 2. The molecule has 0 bridgehead atoms. The van der Waals surface area contributed by atoms with E-state index in [9.17, 15) is 9.59 Å². The summed E-state index contributed by atoms with van der Waals surface area (Å²) < 4.78 is 0. The molecule has 0 aliphatic rings. The van der Waals surface area contributed by atoms with Crippen molar-refractivity contribution < 1.29 is 9.59 Å². The molecule has 120 valence electrons. The Morgan fingerprint density at radius 2 is 1.79 bits per heavy atom. The van der Waals surface area contributed by atoms with Gasteiger partial charge in [-0.25, -0.2) is 4.79 Å². The van der Waals surface area contributed by atoms with Gasteiger partial charge in [0, 0.05) is 29.9 Å². The molecule has 0 atom stereocenters. The van der Waals surface area contributed by atoms with Crippen molar-refractivity contribution in [2.45, 2.75) is 0 Å². The summed E-state index contributed by atoms with van der Waals surface area (Å²) in [5.41, 5.74) is 2.48. The monoisotopic (exact) mass is 320 g/mol. The second-order valence-corrected chi connectivity index (χ2v) is 5.11. The van der Waals surface area contributed by atoms with Crippen LogP contribution in [0.15, 0.2) is 60.8 Å². The molecule has 24 heavy (non-hydrogen) atoms. The highest BCUT2D eigenvalue weighted by Crippen LogP contribution is 2.21. The van der Waals surface area contributed by atoms with Crippen molar-refractivity contribution in [1.29, 1.82) is 0 Å². The molecule has 3 amide bonds. The molecule has 6 nitrogen and oxygen atoms in total. The van der Waals surface area contributed by atoms with E-state index in [0.717, 1.165) is 10.9 Å². The van der Waals surface area contributed by atoms with E-state index >= 15 is 0 Å². The first kappa shape index (κ1) is 15.5. The number of hydrogen-bond acceptors (Lipinski definition) is 3. The number of amides is 3. The normalized spacial score (nSPS) is 10.2. The van der Waals surface area contributed by atoms with Gasteiger partial charge in [0.1, 0.15) is 0 Å². The maximum atomic E-state index is 12.2. The molecule has 0 aliphatic heterocycles. The number of benzene rings is 2. The van der Waals surface area contributed by atoms with Gasteiger partial charge in [0.2, 0.25) is 0 Å². The van der Waals surface area contributed by atoms with Crippen LogP contribution in [0.2, 0.25) is 0 Å². The molecular weight excluding hydrogens is 304 g/mol. The van der Waals surface area contributed by atoms with Crippen LogP contribution in [-0.4, -0.2) is 24.0 Å². The number of nitrogens with one attached hydrogen (secondary N) is 3. The molecule has 2 aromatic carbocycles. The fraction of sp³-hybridized carbons (Fsp3) is 0.0556. The van der Waals surface area contributed by atoms with Crippen LogP contribution in [-0.2, 0) is 0 Å². The van der Waals surface area contributed by atoms with Crippen molar-refractivity contribution in [2.75, 3.05) is 17.7 Å². The van der Waals surface area contributed by atoms with Crippen molar-refractivity contribution in [3.8, 4) is 0 Å². The lowest BCUT2D eigenvalue weighted by Crippen LogP contribution is -2.21. The topological polar surface area (TPSA) is 83.1 Å². The minimum absolute atomic E-state index is 0.209. The first-order chi connectivity index (χ1) is 11.7. The second-order valence-electron chi connectivity index (χ2n) is 5.11. The zero-order valence-corrected chi connectivity index (χ0v) is 13.0. The van der Waals surface area contributed by atoms with E-state index in [1.807, 2.05) is 24.3 Å². The van der Waals surface area contributed by atoms with Crippen LogP contribution in [0.25, 0.3) is 10.9 Å². The van der Waals surface area contributed by atoms with Crippen molar-refractivity contribution in [3.63, 3.8) is 0 Å². The SMILES string of the molecule is CNC(=O)c1cccc(NC(=O)Nc2ccnc3ccccc23)c1. The van der Waals surface area contributed by atoms with Gasteiger partial charge in [-0.2, -0.15) is 0 Å². The van der Waals surface area contributed by atoms with Crippen molar-refractivity contribution in [3.05, 3.63) is 66.4 Å². The Labute approximate surface area is 138 Å². The van der Waals surface area contributed by atoms with Crippen LogP contribution in [0.4, 0.5) is 16.2 Å². The first-order valence-corrected chi connectivity index (χ1v) is 7.41. The van der Waals surface area contributed by atoms with E-state index in [0.29, 0.717) is 16.9 Å². The standard InChI is InChI=1S/C18H16N4O2/c1-19-17(23)12-5-4-6-13(11-12)21-18(24)22-16-9-10-20-15-8-3-2-7-14(15)16/h2-11H,1H3,(H,19,23)(H2,20,21,22,24). The van der Waals surface area contributed by atoms with Crippen LogP contribution in [0.1, 0.15) is 10.4 Å². The molecule has 0 radical (unpaired) electrons. The Bertz CT molecular complexity index is 903. The number of anilines is 2. The molecule has 3 aromatic rings. The number of fused-ring (bicyclic) bond motifs is 1. The number of hydrogen-bond donors (Lipinski definition) is 3. The quantitative estimate of drug-likeness (QED) is 0.693. The lowest BCUT2D eigenvalue weighted by molar-refractivity contribution is 0.0963. The largest absolute Gasteiger partial charge is 0.355 e. The number of aromatic nitrogens is 1. The number of para-hydroxylation sites is 1. The molecule has 3 rings (SSSR count). The molecule has 0 saturated heterocycles. The van der Waals surface area contributed by atoms with Crippen molar-refractivity contribution in [1.82, 2.24) is 10.3 Å². The Morgan fingerprint density at radius 1 is 0.958 bits per heavy atom. The number of nitrogens with zero attached hydrogens (tertiary/aromatic N) is 1. The van der Waals surface area contributed by atoms with Gasteiger partial charge in [-0.15, -0.1) is 0 Å². The summed E-state index contributed by atoms with van der Waals surface area (Å²) in [5.74, 6) is -0.209. The summed E-state index contributed by atoms with van der Waals surface area (Å²) in [6, 6.07) is 15.6.